The summed E-state index contributed by atoms with van der Waals surface area (Å²) >= 11 is 0. The molecular weight excluding hydrogens is 276 g/mol. The summed E-state index contributed by atoms with van der Waals surface area (Å²) in [6.45, 7) is 0. The minimum Gasteiger partial charge on any atom is -0.423 e. The van der Waals surface area contributed by atoms with Crippen LogP contribution in [0, 0.1) is 22.7 Å². The third-order valence-corrected chi connectivity index (χ3v) is 2.10. The van der Waals surface area contributed by atoms with Gasteiger partial charge in [0, 0.05) is 5.56 Å². The maximum absolute atomic E-state index is 12.2. The van der Waals surface area contributed by atoms with Crippen LogP contribution in [-0.4, -0.2) is 23.5 Å². The molecule has 0 heterocycles. The van der Waals surface area contributed by atoms with Gasteiger partial charge in [-0.3, -0.25) is 0 Å². The van der Waals surface area contributed by atoms with Crippen molar-refractivity contribution >= 4 is 18.7 Å². The summed E-state index contributed by atoms with van der Waals surface area (Å²) in [6.07, 6.45) is -4.10. The second-order valence-electron chi connectivity index (χ2n) is 3.50. The lowest BCUT2D eigenvalue weighted by Crippen LogP contribution is -2.30. The van der Waals surface area contributed by atoms with Crippen LogP contribution < -0.4 is 10.2 Å². The van der Waals surface area contributed by atoms with E-state index in [1.165, 1.54) is 12.1 Å². The minimum absolute atomic E-state index is 0.110. The van der Waals surface area contributed by atoms with Crippen LogP contribution in [0.15, 0.2) is 23.8 Å². The summed E-state index contributed by atoms with van der Waals surface area (Å²) in [7, 11) is -1.91. The Balaban J connectivity index is 3.35. The number of halogens is 3. The average molecular weight is 282 g/mol. The van der Waals surface area contributed by atoms with Crippen LogP contribution in [0.3, 0.4) is 0 Å². The largest absolute Gasteiger partial charge is 0.573 e. The van der Waals surface area contributed by atoms with Crippen LogP contribution in [0.5, 0.6) is 5.75 Å². The molecule has 0 aromatic heterocycles. The third kappa shape index (κ3) is 4.32. The number of alkyl halides is 3. The van der Waals surface area contributed by atoms with Gasteiger partial charge in [0.1, 0.15) is 23.5 Å². The van der Waals surface area contributed by atoms with Gasteiger partial charge in [-0.25, -0.2) is 0 Å². The van der Waals surface area contributed by atoms with Crippen molar-refractivity contribution < 1.29 is 28.0 Å². The average Bonchev–Trinajstić information content (AvgIpc) is 2.35. The van der Waals surface area contributed by atoms with Crippen molar-refractivity contribution in [3.8, 4) is 17.9 Å². The molecule has 20 heavy (non-hydrogen) atoms. The highest BCUT2D eigenvalue weighted by Gasteiger charge is 2.32. The standard InChI is InChI=1S/C11H6BF3N2O3/c13-11(14,15)20-10-2-1-9(12(18)19)4-8(10)3-7(5-16)6-17/h1-4,18-19H. The number of hydrogen-bond donors (Lipinski definition) is 2. The Bertz CT molecular complexity index is 599. The molecule has 1 aromatic rings. The SMILES string of the molecule is N#CC(C#N)=Cc1cc(B(O)O)ccc1OC(F)(F)F. The van der Waals surface area contributed by atoms with Crippen LogP contribution in [0.25, 0.3) is 6.08 Å². The van der Waals surface area contributed by atoms with Crippen LogP contribution in [0.1, 0.15) is 5.56 Å². The fraction of sp³-hybridized carbons (Fsp3) is 0.0909. The maximum atomic E-state index is 12.2. The Kier molecular flexibility index (Phi) is 4.75. The van der Waals surface area contributed by atoms with Gasteiger partial charge in [-0.2, -0.15) is 10.5 Å². The topological polar surface area (TPSA) is 97.3 Å². The minimum atomic E-state index is -4.96. The van der Waals surface area contributed by atoms with E-state index in [0.29, 0.717) is 0 Å². The Labute approximate surface area is 111 Å². The zero-order chi connectivity index (χ0) is 15.3. The molecule has 0 atom stereocenters. The summed E-state index contributed by atoms with van der Waals surface area (Å²) in [6, 6.07) is 5.80. The second-order valence-corrected chi connectivity index (χ2v) is 3.50. The molecule has 0 fully saturated rings. The monoisotopic (exact) mass is 282 g/mol. The van der Waals surface area contributed by atoms with E-state index in [0.717, 1.165) is 24.3 Å². The lowest BCUT2D eigenvalue weighted by Gasteiger charge is -2.12. The van der Waals surface area contributed by atoms with Gasteiger partial charge in [0.2, 0.25) is 0 Å². The smallest absolute Gasteiger partial charge is 0.423 e. The molecule has 0 radical (unpaired) electrons. The molecule has 1 aromatic carbocycles. The third-order valence-electron chi connectivity index (χ3n) is 2.10. The summed E-state index contributed by atoms with van der Waals surface area (Å²) in [5.41, 5.74) is -0.839. The first kappa shape index (κ1) is 15.6. The molecule has 1 rings (SSSR count). The van der Waals surface area contributed by atoms with Crippen LogP contribution in [0.4, 0.5) is 13.2 Å². The van der Waals surface area contributed by atoms with Crippen LogP contribution >= 0.6 is 0 Å². The van der Waals surface area contributed by atoms with Gasteiger partial charge in [0.05, 0.1) is 0 Å². The van der Waals surface area contributed by atoms with E-state index in [-0.39, 0.29) is 11.0 Å². The molecule has 0 aliphatic rings. The van der Waals surface area contributed by atoms with E-state index in [9.17, 15) is 13.2 Å². The lowest BCUT2D eigenvalue weighted by molar-refractivity contribution is -0.274. The molecule has 0 saturated heterocycles. The molecule has 0 amide bonds. The van der Waals surface area contributed by atoms with Crippen molar-refractivity contribution in [3.63, 3.8) is 0 Å². The number of nitrogens with zero attached hydrogens (tertiary/aromatic N) is 2. The molecule has 0 unspecified atom stereocenters. The summed E-state index contributed by atoms with van der Waals surface area (Å²) < 4.78 is 40.4. The summed E-state index contributed by atoms with van der Waals surface area (Å²) in [4.78, 5) is 0. The predicted molar refractivity (Wildman–Crippen MR) is 62.2 cm³/mol. The molecule has 0 spiro atoms. The maximum Gasteiger partial charge on any atom is 0.573 e. The molecule has 5 nitrogen and oxygen atoms in total. The molecule has 2 N–H and O–H groups in total. The molecular formula is C11H6BF3N2O3. The van der Waals surface area contributed by atoms with E-state index in [1.54, 1.807) is 0 Å². The second kappa shape index (κ2) is 6.11. The zero-order valence-electron chi connectivity index (χ0n) is 9.72. The molecule has 0 aliphatic heterocycles. The number of hydrogen-bond acceptors (Lipinski definition) is 5. The molecule has 0 aliphatic carbocycles. The van der Waals surface area contributed by atoms with Crippen molar-refractivity contribution in [1.82, 2.24) is 0 Å². The van der Waals surface area contributed by atoms with Gasteiger partial charge < -0.3 is 14.8 Å². The highest BCUT2D eigenvalue weighted by atomic mass is 19.4. The Morgan fingerprint density at radius 2 is 1.85 bits per heavy atom. The van der Waals surface area contributed by atoms with Gasteiger partial charge in [0.25, 0.3) is 0 Å². The first-order valence-electron chi connectivity index (χ1n) is 5.04. The fourth-order valence-corrected chi connectivity index (χ4v) is 1.30. The first-order chi connectivity index (χ1) is 9.26. The van der Waals surface area contributed by atoms with E-state index in [2.05, 4.69) is 4.74 Å². The first-order valence-corrected chi connectivity index (χ1v) is 5.04. The Hall–Kier alpha value is -2.49. The molecule has 0 saturated carbocycles. The van der Waals surface area contributed by atoms with Gasteiger partial charge in [-0.05, 0) is 17.6 Å². The zero-order valence-corrected chi connectivity index (χ0v) is 9.72. The Morgan fingerprint density at radius 3 is 2.30 bits per heavy atom. The van der Waals surface area contributed by atoms with Gasteiger partial charge in [-0.1, -0.05) is 12.1 Å². The fourth-order valence-electron chi connectivity index (χ4n) is 1.30. The van der Waals surface area contributed by atoms with E-state index < -0.39 is 24.8 Å². The van der Waals surface area contributed by atoms with E-state index in [1.807, 2.05) is 0 Å². The van der Waals surface area contributed by atoms with Crippen molar-refractivity contribution in [1.29, 1.82) is 10.5 Å². The van der Waals surface area contributed by atoms with E-state index >= 15 is 0 Å². The highest BCUT2D eigenvalue weighted by molar-refractivity contribution is 6.58. The van der Waals surface area contributed by atoms with Crippen molar-refractivity contribution in [2.45, 2.75) is 6.36 Å². The quantitative estimate of drug-likeness (QED) is 0.628. The van der Waals surface area contributed by atoms with Crippen molar-refractivity contribution in [2.75, 3.05) is 0 Å². The van der Waals surface area contributed by atoms with Gasteiger partial charge in [-0.15, -0.1) is 13.2 Å². The van der Waals surface area contributed by atoms with Crippen molar-refractivity contribution in [2.24, 2.45) is 0 Å². The number of nitriles is 2. The van der Waals surface area contributed by atoms with Crippen LogP contribution in [0.2, 0.25) is 0 Å². The van der Waals surface area contributed by atoms with Crippen LogP contribution in [-0.2, 0) is 0 Å². The molecule has 0 bridgehead atoms. The number of allylic oxidation sites excluding steroid dienone is 1. The summed E-state index contributed by atoms with van der Waals surface area (Å²) in [5, 5.41) is 35.1. The van der Waals surface area contributed by atoms with Gasteiger partial charge in [0.15, 0.2) is 0 Å². The Morgan fingerprint density at radius 1 is 1.25 bits per heavy atom. The predicted octanol–water partition coefficient (Wildman–Crippen LogP) is 0.696. The van der Waals surface area contributed by atoms with Crippen molar-refractivity contribution in [3.05, 3.63) is 29.3 Å². The normalized spacial score (nSPS) is 10.2. The lowest BCUT2D eigenvalue weighted by atomic mass is 9.79. The van der Waals surface area contributed by atoms with Gasteiger partial charge >= 0.3 is 13.5 Å². The number of rotatable bonds is 3. The highest BCUT2D eigenvalue weighted by Crippen LogP contribution is 2.27. The number of benzene rings is 1. The van der Waals surface area contributed by atoms with E-state index in [4.69, 9.17) is 20.6 Å². The number of ether oxygens (including phenoxy) is 1. The molecule has 102 valence electrons. The molecule has 9 heteroatoms. The summed E-state index contributed by atoms with van der Waals surface area (Å²) in [5.74, 6) is -0.662.